The minimum absolute atomic E-state index is 0.0822. The van der Waals surface area contributed by atoms with E-state index in [0.717, 1.165) is 0 Å². The topological polar surface area (TPSA) is 69.9 Å². The van der Waals surface area contributed by atoms with Crippen LogP contribution in [0.4, 0.5) is 0 Å². The number of hydrogen-bond acceptors (Lipinski definition) is 4. The molecule has 0 unspecified atom stereocenters. The monoisotopic (exact) mass is 190 g/mol. The van der Waals surface area contributed by atoms with Crippen molar-refractivity contribution in [2.45, 2.75) is 25.2 Å². The molecule has 0 fully saturated rings. The largest absolute Gasteiger partial charge is 0.394 e. The number of ether oxygens (including phenoxy) is 1. The zero-order chi connectivity index (χ0) is 10.4. The maximum atomic E-state index is 9.50. The van der Waals surface area contributed by atoms with Crippen LogP contribution in [-0.4, -0.2) is 47.3 Å². The van der Waals surface area contributed by atoms with Crippen molar-refractivity contribution in [3.05, 3.63) is 12.7 Å². The van der Waals surface area contributed by atoms with E-state index in [2.05, 4.69) is 6.58 Å². The van der Waals surface area contributed by atoms with Gasteiger partial charge in [-0.15, -0.1) is 6.58 Å². The van der Waals surface area contributed by atoms with Crippen molar-refractivity contribution in [2.75, 3.05) is 13.7 Å². The van der Waals surface area contributed by atoms with E-state index in [9.17, 15) is 5.11 Å². The van der Waals surface area contributed by atoms with Crippen LogP contribution in [0.5, 0.6) is 0 Å². The van der Waals surface area contributed by atoms with E-state index in [1.165, 1.54) is 7.11 Å². The first-order valence-electron chi connectivity index (χ1n) is 4.20. The Hall–Kier alpha value is -0.420. The third kappa shape index (κ3) is 3.44. The fourth-order valence-electron chi connectivity index (χ4n) is 1.13. The summed E-state index contributed by atoms with van der Waals surface area (Å²) >= 11 is 0. The van der Waals surface area contributed by atoms with Gasteiger partial charge in [0.05, 0.1) is 12.7 Å². The SMILES string of the molecule is C=C[C@H](C)[C@H](OC)[C@@H](O)[C@H](O)CO. The van der Waals surface area contributed by atoms with Crippen molar-refractivity contribution in [3.63, 3.8) is 0 Å². The summed E-state index contributed by atoms with van der Waals surface area (Å²) in [6, 6.07) is 0. The van der Waals surface area contributed by atoms with Crippen molar-refractivity contribution in [3.8, 4) is 0 Å². The molecule has 13 heavy (non-hydrogen) atoms. The molecule has 0 aliphatic rings. The molecule has 3 N–H and O–H groups in total. The maximum absolute atomic E-state index is 9.50. The maximum Gasteiger partial charge on any atom is 0.109 e. The second-order valence-electron chi connectivity index (χ2n) is 3.04. The van der Waals surface area contributed by atoms with Crippen LogP contribution in [0, 0.1) is 5.92 Å². The highest BCUT2D eigenvalue weighted by Crippen LogP contribution is 2.14. The molecular formula is C9H18O4. The number of aliphatic hydroxyl groups excluding tert-OH is 3. The Morgan fingerprint density at radius 3 is 2.31 bits per heavy atom. The number of hydrogen-bond donors (Lipinski definition) is 3. The second kappa shape index (κ2) is 6.10. The van der Waals surface area contributed by atoms with Crippen molar-refractivity contribution in [1.82, 2.24) is 0 Å². The number of methoxy groups -OCH3 is 1. The van der Waals surface area contributed by atoms with Crippen molar-refractivity contribution in [2.24, 2.45) is 5.92 Å². The third-order valence-corrected chi connectivity index (χ3v) is 2.08. The van der Waals surface area contributed by atoms with Gasteiger partial charge in [0.25, 0.3) is 0 Å². The molecule has 0 bridgehead atoms. The molecule has 4 heteroatoms. The summed E-state index contributed by atoms with van der Waals surface area (Å²) in [5, 5.41) is 27.3. The smallest absolute Gasteiger partial charge is 0.109 e. The lowest BCUT2D eigenvalue weighted by atomic mass is 9.96. The zero-order valence-electron chi connectivity index (χ0n) is 8.05. The van der Waals surface area contributed by atoms with Gasteiger partial charge in [0, 0.05) is 13.0 Å². The first-order chi connectivity index (χ1) is 6.08. The molecule has 0 aromatic heterocycles. The summed E-state index contributed by atoms with van der Waals surface area (Å²) in [6.45, 7) is 4.89. The number of aliphatic hydroxyl groups is 3. The molecule has 0 spiro atoms. The minimum atomic E-state index is -1.17. The van der Waals surface area contributed by atoms with Gasteiger partial charge in [0.15, 0.2) is 0 Å². The summed E-state index contributed by atoms with van der Waals surface area (Å²) in [4.78, 5) is 0. The van der Waals surface area contributed by atoms with Crippen LogP contribution in [0.25, 0.3) is 0 Å². The lowest BCUT2D eigenvalue weighted by Gasteiger charge is -2.27. The van der Waals surface area contributed by atoms with Crippen LogP contribution in [0.3, 0.4) is 0 Å². The highest BCUT2D eigenvalue weighted by atomic mass is 16.5. The van der Waals surface area contributed by atoms with E-state index in [4.69, 9.17) is 14.9 Å². The minimum Gasteiger partial charge on any atom is -0.394 e. The van der Waals surface area contributed by atoms with E-state index >= 15 is 0 Å². The van der Waals surface area contributed by atoms with Crippen LogP contribution < -0.4 is 0 Å². The van der Waals surface area contributed by atoms with E-state index in [1.807, 2.05) is 6.92 Å². The van der Waals surface area contributed by atoms with Crippen LogP contribution >= 0.6 is 0 Å². The molecule has 0 aromatic carbocycles. The molecular weight excluding hydrogens is 172 g/mol. The Balaban J connectivity index is 4.29. The van der Waals surface area contributed by atoms with Gasteiger partial charge >= 0.3 is 0 Å². The van der Waals surface area contributed by atoms with Gasteiger partial charge in [-0.2, -0.15) is 0 Å². The van der Waals surface area contributed by atoms with Gasteiger partial charge in [-0.05, 0) is 0 Å². The van der Waals surface area contributed by atoms with E-state index in [-0.39, 0.29) is 5.92 Å². The standard InChI is InChI=1S/C9H18O4/c1-4-6(2)9(13-3)8(12)7(11)5-10/h4,6-12H,1,5H2,2-3H3/t6-,7+,8-,9-/m0/s1. The van der Waals surface area contributed by atoms with Crippen molar-refractivity contribution < 1.29 is 20.1 Å². The van der Waals surface area contributed by atoms with Gasteiger partial charge in [-0.1, -0.05) is 13.0 Å². The molecule has 0 aromatic rings. The number of rotatable bonds is 6. The quantitative estimate of drug-likeness (QED) is 0.496. The molecule has 0 aliphatic carbocycles. The van der Waals surface area contributed by atoms with E-state index in [1.54, 1.807) is 6.08 Å². The molecule has 4 atom stereocenters. The first kappa shape index (κ1) is 12.6. The van der Waals surface area contributed by atoms with E-state index < -0.39 is 24.9 Å². The Bertz CT molecular complexity index is 149. The average molecular weight is 190 g/mol. The highest BCUT2D eigenvalue weighted by Gasteiger charge is 2.28. The highest BCUT2D eigenvalue weighted by molar-refractivity contribution is 4.88. The summed E-state index contributed by atoms with van der Waals surface area (Å²) in [5.41, 5.74) is 0. The third-order valence-electron chi connectivity index (χ3n) is 2.08. The molecule has 0 rings (SSSR count). The molecule has 0 saturated carbocycles. The molecule has 0 amide bonds. The van der Waals surface area contributed by atoms with E-state index in [0.29, 0.717) is 0 Å². The van der Waals surface area contributed by atoms with Gasteiger partial charge in [-0.25, -0.2) is 0 Å². The Labute approximate surface area is 78.5 Å². The molecule has 4 nitrogen and oxygen atoms in total. The summed E-state index contributed by atoms with van der Waals surface area (Å²) in [7, 11) is 1.44. The second-order valence-corrected chi connectivity index (χ2v) is 3.04. The van der Waals surface area contributed by atoms with Gasteiger partial charge in [0.1, 0.15) is 12.2 Å². The zero-order valence-corrected chi connectivity index (χ0v) is 8.05. The summed E-state index contributed by atoms with van der Waals surface area (Å²) < 4.78 is 5.00. The van der Waals surface area contributed by atoms with Crippen LogP contribution in [0.15, 0.2) is 12.7 Å². The molecule has 78 valence electrons. The van der Waals surface area contributed by atoms with Gasteiger partial charge < -0.3 is 20.1 Å². The fraction of sp³-hybridized carbons (Fsp3) is 0.778. The predicted octanol–water partition coefficient (Wildman–Crippen LogP) is -0.462. The van der Waals surface area contributed by atoms with Crippen molar-refractivity contribution in [1.29, 1.82) is 0 Å². The van der Waals surface area contributed by atoms with Crippen LogP contribution in [-0.2, 0) is 4.74 Å². The molecule has 0 radical (unpaired) electrons. The van der Waals surface area contributed by atoms with Gasteiger partial charge in [0.2, 0.25) is 0 Å². The summed E-state index contributed by atoms with van der Waals surface area (Å²) in [6.07, 6.45) is -1.18. The molecule has 0 saturated heterocycles. The fourth-order valence-corrected chi connectivity index (χ4v) is 1.13. The lowest BCUT2D eigenvalue weighted by molar-refractivity contribution is -0.101. The first-order valence-corrected chi connectivity index (χ1v) is 4.20. The summed E-state index contributed by atoms with van der Waals surface area (Å²) in [5.74, 6) is -0.0822. The molecule has 0 aliphatic heterocycles. The molecule has 0 heterocycles. The Kier molecular flexibility index (Phi) is 5.90. The van der Waals surface area contributed by atoms with Crippen LogP contribution in [0.1, 0.15) is 6.92 Å². The predicted molar refractivity (Wildman–Crippen MR) is 49.3 cm³/mol. The Morgan fingerprint density at radius 2 is 2.00 bits per heavy atom. The van der Waals surface area contributed by atoms with Gasteiger partial charge in [-0.3, -0.25) is 0 Å². The average Bonchev–Trinajstić information content (AvgIpc) is 2.17. The Morgan fingerprint density at radius 1 is 1.46 bits per heavy atom. The normalized spacial score (nSPS) is 20.4. The van der Waals surface area contributed by atoms with Crippen LogP contribution in [0.2, 0.25) is 0 Å². The lowest BCUT2D eigenvalue weighted by Crippen LogP contribution is -2.43. The van der Waals surface area contributed by atoms with Crippen molar-refractivity contribution >= 4 is 0 Å².